The van der Waals surface area contributed by atoms with E-state index in [2.05, 4.69) is 84.1 Å². The van der Waals surface area contributed by atoms with Crippen LogP contribution in [-0.4, -0.2) is 286 Å². The smallest absolute Gasteiger partial charge is 0.247 e. The molecule has 30 atom stereocenters. The monoisotopic (exact) mass is 1930 g/mol. The number of carbonyl (C=O) groups excluding carboxylic acids is 10. The minimum absolute atomic E-state index is 0.0160. The molecule has 10 amide bonds. The molecule has 36 nitrogen and oxygen atoms in total. The van der Waals surface area contributed by atoms with Gasteiger partial charge in [0.15, 0.2) is 0 Å². The van der Waals surface area contributed by atoms with E-state index in [4.69, 9.17) is 45.9 Å². The molecule has 36 heteroatoms. The minimum Gasteiger partial charge on any atom is -0.394 e. The molecule has 0 aliphatic heterocycles. The third-order valence-corrected chi connectivity index (χ3v) is 34.8. The van der Waals surface area contributed by atoms with Crippen molar-refractivity contribution in [1.29, 1.82) is 0 Å². The van der Waals surface area contributed by atoms with E-state index in [9.17, 15) is 79.2 Å². The van der Waals surface area contributed by atoms with Crippen LogP contribution < -0.4 is 88.4 Å². The molecular weight excluding hydrogens is 1740 g/mol. The summed E-state index contributed by atoms with van der Waals surface area (Å²) in [4.78, 5) is 147. The fourth-order valence-corrected chi connectivity index (χ4v) is 26.6. The second-order valence-electron chi connectivity index (χ2n) is 43.5. The van der Waals surface area contributed by atoms with Crippen LogP contribution in [0.3, 0.4) is 0 Å². The number of rotatable bonds is 61. The molecule has 782 valence electrons. The van der Waals surface area contributed by atoms with E-state index in [-0.39, 0.29) is 222 Å². The number of nitrogens with two attached hydrogens (primary N) is 8. The summed E-state index contributed by atoms with van der Waals surface area (Å²) < 4.78 is 0. The SMILES string of the molecule is C[C@H](CCC(=O)NCCCN(CCCCN(CCCNC(=O)CC[C@@H](C)[C@H]1CC[C@H]2[C@@H]3[C@H](O)CC4C[C@H](O)CC[C@]4(C)[C@H]3C[C@H](O)[C@]12C)C(=O)[C@H](CO)NC(=O)[C@H](CCCCN)NC(=O)[C@H](CCCCN)NC(=O)[C@@H](N)CCCCN)C(=O)[C@H](CO)NC(=O)[C@H](CCCCN)NC(=O)[C@H](CCCCN)NC(=O)[C@@H](N)CCCCN)[C@H]1CC[C@H]2[C@@H]3[C@H](O)CC4C[C@H](O)CC[C@]4(C)[C@H]3C[C@H](O)[C@]12C. The van der Waals surface area contributed by atoms with Gasteiger partial charge in [-0.15, -0.1) is 0 Å². The number of aliphatic hydroxyl groups is 8. The second kappa shape index (κ2) is 56.2. The molecule has 0 spiro atoms. The number of aliphatic hydroxyl groups excluding tert-OH is 8. The van der Waals surface area contributed by atoms with Gasteiger partial charge in [-0.05, 0) is 363 Å². The van der Waals surface area contributed by atoms with Crippen molar-refractivity contribution in [3.05, 3.63) is 0 Å². The quantitative estimate of drug-likeness (QED) is 0.0384. The predicted octanol–water partition coefficient (Wildman–Crippen LogP) is 1.51. The van der Waals surface area contributed by atoms with Gasteiger partial charge >= 0.3 is 0 Å². The summed E-state index contributed by atoms with van der Waals surface area (Å²) in [6.07, 6.45) is 16.5. The lowest BCUT2D eigenvalue weighted by Gasteiger charge is -2.63. The first-order valence-corrected chi connectivity index (χ1v) is 52.9. The Labute approximate surface area is 809 Å². The third kappa shape index (κ3) is 30.3. The average Bonchev–Trinajstić information content (AvgIpc) is 1.50. The number of carbonyl (C=O) groups is 10. The van der Waals surface area contributed by atoms with Gasteiger partial charge in [0.05, 0.1) is 61.9 Å². The summed E-state index contributed by atoms with van der Waals surface area (Å²) in [6, 6.07) is -9.90. The lowest BCUT2D eigenvalue weighted by molar-refractivity contribution is -0.207. The van der Waals surface area contributed by atoms with Gasteiger partial charge in [-0.3, -0.25) is 47.9 Å². The van der Waals surface area contributed by atoms with Gasteiger partial charge in [0, 0.05) is 52.1 Å². The van der Waals surface area contributed by atoms with E-state index in [0.717, 1.165) is 38.5 Å². The fraction of sp³-hybridized carbons (Fsp3) is 0.900. The molecule has 0 bridgehead atoms. The first kappa shape index (κ1) is 115. The highest BCUT2D eigenvalue weighted by atomic mass is 16.3. The van der Waals surface area contributed by atoms with Gasteiger partial charge in [-0.2, -0.15) is 0 Å². The number of nitrogens with zero attached hydrogens (tertiary/aromatic N) is 2. The summed E-state index contributed by atoms with van der Waals surface area (Å²) in [5.74, 6) is -4.88. The molecule has 0 heterocycles. The molecule has 0 saturated heterocycles. The Morgan fingerprint density at radius 3 is 0.949 bits per heavy atom. The maximum Gasteiger partial charge on any atom is 0.247 e. The molecular formula is C100H184N18O18. The average molecular weight is 1930 g/mol. The molecule has 0 aromatic rings. The number of fused-ring (bicyclic) bond motifs is 10. The summed E-state index contributed by atoms with van der Waals surface area (Å²) >= 11 is 0. The number of hydrogen-bond donors (Lipinski definition) is 24. The van der Waals surface area contributed by atoms with E-state index in [1.165, 1.54) is 9.80 Å². The van der Waals surface area contributed by atoms with Gasteiger partial charge < -0.3 is 139 Å². The van der Waals surface area contributed by atoms with Crippen molar-refractivity contribution in [2.45, 2.75) is 383 Å². The zero-order valence-electron chi connectivity index (χ0n) is 83.4. The molecule has 8 aliphatic rings. The van der Waals surface area contributed by atoms with E-state index < -0.39 is 144 Å². The zero-order valence-corrected chi connectivity index (χ0v) is 83.4. The molecule has 0 aromatic carbocycles. The Morgan fingerprint density at radius 1 is 0.346 bits per heavy atom. The van der Waals surface area contributed by atoms with Gasteiger partial charge in [-0.1, -0.05) is 54.4 Å². The number of amides is 10. The van der Waals surface area contributed by atoms with Crippen LogP contribution in [0.15, 0.2) is 0 Å². The van der Waals surface area contributed by atoms with Crippen LogP contribution in [0.5, 0.6) is 0 Å². The predicted molar refractivity (Wildman–Crippen MR) is 522 cm³/mol. The first-order chi connectivity index (χ1) is 64.9. The largest absolute Gasteiger partial charge is 0.394 e. The summed E-state index contributed by atoms with van der Waals surface area (Å²) in [6.45, 7) is 13.5. The molecule has 2 unspecified atom stereocenters. The van der Waals surface area contributed by atoms with Gasteiger partial charge in [0.1, 0.15) is 36.3 Å². The maximum atomic E-state index is 15.3. The minimum atomic E-state index is -1.59. The van der Waals surface area contributed by atoms with Crippen molar-refractivity contribution in [3.8, 4) is 0 Å². The van der Waals surface area contributed by atoms with Crippen LogP contribution in [0.25, 0.3) is 0 Å². The first-order valence-electron chi connectivity index (χ1n) is 52.9. The number of nitrogens with one attached hydrogen (secondary N) is 8. The summed E-state index contributed by atoms with van der Waals surface area (Å²) in [5, 5.41) is 115. The Bertz CT molecular complexity index is 3490. The Morgan fingerprint density at radius 2 is 0.640 bits per heavy atom. The van der Waals surface area contributed by atoms with Gasteiger partial charge in [0.2, 0.25) is 59.1 Å². The van der Waals surface area contributed by atoms with Crippen LogP contribution in [0.2, 0.25) is 0 Å². The number of hydrogen-bond acceptors (Lipinski definition) is 26. The van der Waals surface area contributed by atoms with Crippen LogP contribution >= 0.6 is 0 Å². The molecule has 8 fully saturated rings. The molecule has 8 saturated carbocycles. The third-order valence-electron chi connectivity index (χ3n) is 34.8. The summed E-state index contributed by atoms with van der Waals surface area (Å²) in [5.41, 5.74) is 46.4. The molecule has 8 aliphatic carbocycles. The van der Waals surface area contributed by atoms with Crippen molar-refractivity contribution >= 4 is 59.1 Å². The number of unbranched alkanes of at least 4 members (excludes halogenated alkanes) is 7. The van der Waals surface area contributed by atoms with Gasteiger partial charge in [-0.25, -0.2) is 0 Å². The van der Waals surface area contributed by atoms with E-state index in [1.54, 1.807) is 0 Å². The molecule has 0 aromatic heterocycles. The Balaban J connectivity index is 0.996. The van der Waals surface area contributed by atoms with Crippen LogP contribution in [0.1, 0.15) is 298 Å². The fourth-order valence-electron chi connectivity index (χ4n) is 26.6. The zero-order chi connectivity index (χ0) is 99.8. The van der Waals surface area contributed by atoms with Crippen molar-refractivity contribution in [2.75, 3.05) is 91.8 Å². The highest BCUT2D eigenvalue weighted by Gasteiger charge is 2.68. The van der Waals surface area contributed by atoms with E-state index in [1.807, 2.05) is 0 Å². The van der Waals surface area contributed by atoms with Crippen LogP contribution in [0, 0.1) is 92.7 Å². The van der Waals surface area contributed by atoms with Crippen molar-refractivity contribution in [3.63, 3.8) is 0 Å². The van der Waals surface area contributed by atoms with Gasteiger partial charge in [0.25, 0.3) is 0 Å². The highest BCUT2D eigenvalue weighted by molar-refractivity contribution is 5.96. The maximum absolute atomic E-state index is 15.3. The van der Waals surface area contributed by atoms with E-state index >= 15 is 9.59 Å². The lowest BCUT2D eigenvalue weighted by Crippen LogP contribution is -2.62. The molecule has 8 rings (SSSR count). The molecule has 32 N–H and O–H groups in total. The Hall–Kier alpha value is -5.94. The normalized spacial score (nSPS) is 31.0. The van der Waals surface area contributed by atoms with Crippen molar-refractivity contribution < 1.29 is 88.8 Å². The lowest BCUT2D eigenvalue weighted by atomic mass is 9.43. The van der Waals surface area contributed by atoms with Crippen LogP contribution in [0.4, 0.5) is 0 Å². The van der Waals surface area contributed by atoms with Crippen molar-refractivity contribution in [1.82, 2.24) is 52.3 Å². The Kier molecular flexibility index (Phi) is 47.7. The standard InChI is InChI=1S/C100H184N18O18/c1-61(67-31-33-69-87-71(57-83(125)99(67,69)5)97(3)39-37-65(121)53-63(97)55-81(87)123)29-35-85(127)109-47-21-51-117(95(135)79(59-119)115-93(133)77(27-11-17-45-105)113-91(131)75(25-9-15-43-103)111-89(129)73(107)23-7-13-41-101)49-19-20-50-118(96(136)80(60-120)116-94(134)78(28-12-18-46-106)114-92(132)76(26-10-16-44-104)112-90(130)74(108)24-8-14-42-102)52-22-48-110-86(128)36-30-62(2)68-32-34-70-88-72(58-84(126)100(68,70)6)98(4)40-38-66(122)54-64(98)56-82(88)124/h61-84,87-88,119-126H,7-60,101-108H2,1-6H3,(H,109,127)(H,110,128)(H,111,129)(H,112,130)(H,113,131)(H,114,132)(H,115,133)(H,116,134)/t61-,62-,63?,64?,65-,66-,67-,68-,69+,70+,71+,72+,73+,74+,75+,76+,77+,78+,79+,80+,81-,82-,83+,84+,87+,88+,97+,98+,99-,100-/m1/s1. The molecule has 136 heavy (non-hydrogen) atoms. The second-order valence-corrected chi connectivity index (χ2v) is 43.5. The molecule has 0 radical (unpaired) electrons. The topological polar surface area (TPSA) is 643 Å². The van der Waals surface area contributed by atoms with E-state index in [0.29, 0.717) is 180 Å². The summed E-state index contributed by atoms with van der Waals surface area (Å²) in [7, 11) is 0. The highest BCUT2D eigenvalue weighted by Crippen LogP contribution is 2.70. The van der Waals surface area contributed by atoms with Crippen LogP contribution in [-0.2, 0) is 47.9 Å². The van der Waals surface area contributed by atoms with Crippen molar-refractivity contribution in [2.24, 2.45) is 139 Å².